The van der Waals surface area contributed by atoms with Gasteiger partial charge in [-0.05, 0) is 78.1 Å². The maximum absolute atomic E-state index is 12.5. The van der Waals surface area contributed by atoms with Crippen LogP contribution in [-0.2, 0) is 25.5 Å². The molecule has 33 heavy (non-hydrogen) atoms. The van der Waals surface area contributed by atoms with Crippen LogP contribution in [0.15, 0.2) is 18.2 Å². The van der Waals surface area contributed by atoms with E-state index in [-0.39, 0.29) is 6.42 Å². The summed E-state index contributed by atoms with van der Waals surface area (Å²) in [5, 5.41) is 4.53. The Morgan fingerprint density at radius 3 is 2.21 bits per heavy atom. The summed E-state index contributed by atoms with van der Waals surface area (Å²) in [7, 11) is 0. The van der Waals surface area contributed by atoms with Gasteiger partial charge in [0.05, 0.1) is 25.3 Å². The monoisotopic (exact) mass is 504 g/mol. The van der Waals surface area contributed by atoms with E-state index in [4.69, 9.17) is 37.5 Å². The number of amides is 1. The number of nitrogens with one attached hydrogen (secondary N) is 1. The molecule has 0 aromatic heterocycles. The number of alkyl halides is 2. The van der Waals surface area contributed by atoms with Crippen LogP contribution in [0.25, 0.3) is 0 Å². The SMILES string of the molecule is Cc1ccc(N(CCCl)OCCCl)cc1C[C@H](CC(=O)OC(C)(C)C)NC(=O)OC(C)(C)C. The predicted molar refractivity (Wildman–Crippen MR) is 133 cm³/mol. The molecule has 1 amide bonds. The molecule has 1 aromatic carbocycles. The van der Waals surface area contributed by atoms with Gasteiger partial charge >= 0.3 is 12.1 Å². The molecule has 1 atom stereocenters. The molecule has 0 aliphatic heterocycles. The van der Waals surface area contributed by atoms with Crippen LogP contribution in [0.2, 0.25) is 0 Å². The third kappa shape index (κ3) is 12.4. The molecule has 0 spiro atoms. The molecule has 0 saturated heterocycles. The van der Waals surface area contributed by atoms with E-state index in [1.165, 1.54) is 0 Å². The standard InChI is InChI=1S/C24H38Cl2N2O5/c1-17-8-9-20(28(12-10-25)31-13-11-26)15-18(17)14-19(16-21(29)32-23(2,3)4)27-22(30)33-24(5,6)7/h8-9,15,19H,10-14,16H2,1-7H3,(H,27,30)/t19-/m1/s1. The van der Waals surface area contributed by atoms with Crippen molar-refractivity contribution in [1.82, 2.24) is 5.32 Å². The zero-order valence-electron chi connectivity index (χ0n) is 20.8. The van der Waals surface area contributed by atoms with Gasteiger partial charge in [-0.1, -0.05) is 6.07 Å². The van der Waals surface area contributed by atoms with Crippen molar-refractivity contribution < 1.29 is 23.9 Å². The fraction of sp³-hybridized carbons (Fsp3) is 0.667. The van der Waals surface area contributed by atoms with Crippen molar-refractivity contribution in [2.24, 2.45) is 0 Å². The van der Waals surface area contributed by atoms with Gasteiger partial charge in [0, 0.05) is 17.8 Å². The Morgan fingerprint density at radius 2 is 1.67 bits per heavy atom. The van der Waals surface area contributed by atoms with Crippen molar-refractivity contribution in [3.63, 3.8) is 0 Å². The van der Waals surface area contributed by atoms with E-state index in [0.29, 0.717) is 31.3 Å². The minimum atomic E-state index is -0.655. The summed E-state index contributed by atoms with van der Waals surface area (Å²) in [4.78, 5) is 30.7. The summed E-state index contributed by atoms with van der Waals surface area (Å²) in [6, 6.07) is 5.35. The smallest absolute Gasteiger partial charge is 0.407 e. The van der Waals surface area contributed by atoms with Crippen LogP contribution in [0, 0.1) is 6.92 Å². The van der Waals surface area contributed by atoms with E-state index in [2.05, 4.69) is 5.32 Å². The highest BCUT2D eigenvalue weighted by molar-refractivity contribution is 6.18. The summed E-state index contributed by atoms with van der Waals surface area (Å²) < 4.78 is 10.9. The second-order valence-electron chi connectivity index (χ2n) is 9.76. The number of aryl methyl sites for hydroxylation is 1. The summed E-state index contributed by atoms with van der Waals surface area (Å²) in [5.74, 6) is 0.342. The van der Waals surface area contributed by atoms with Gasteiger partial charge in [0.25, 0.3) is 0 Å². The number of hydrogen-bond donors (Lipinski definition) is 1. The van der Waals surface area contributed by atoms with Gasteiger partial charge < -0.3 is 14.8 Å². The average Bonchev–Trinajstić information content (AvgIpc) is 2.63. The Morgan fingerprint density at radius 1 is 1.03 bits per heavy atom. The molecule has 0 heterocycles. The number of anilines is 1. The number of nitrogens with zero attached hydrogens (tertiary/aromatic N) is 1. The molecule has 1 aromatic rings. The Balaban J connectivity index is 3.12. The minimum Gasteiger partial charge on any atom is -0.460 e. The Hall–Kier alpha value is -1.70. The van der Waals surface area contributed by atoms with Crippen molar-refractivity contribution in [1.29, 1.82) is 0 Å². The van der Waals surface area contributed by atoms with Gasteiger partial charge in [0.1, 0.15) is 11.2 Å². The first-order valence-corrected chi connectivity index (χ1v) is 12.1. The zero-order valence-corrected chi connectivity index (χ0v) is 22.3. The molecule has 0 aliphatic rings. The van der Waals surface area contributed by atoms with Gasteiger partial charge in [-0.25, -0.2) is 4.79 Å². The highest BCUT2D eigenvalue weighted by Gasteiger charge is 2.25. The summed E-state index contributed by atoms with van der Waals surface area (Å²) >= 11 is 11.7. The highest BCUT2D eigenvalue weighted by Crippen LogP contribution is 2.23. The largest absolute Gasteiger partial charge is 0.460 e. The lowest BCUT2D eigenvalue weighted by atomic mass is 9.98. The number of alkyl carbamates (subject to hydrolysis) is 1. The third-order valence-electron chi connectivity index (χ3n) is 4.25. The molecule has 1 rings (SSSR count). The van der Waals surface area contributed by atoms with E-state index >= 15 is 0 Å². The fourth-order valence-corrected chi connectivity index (χ4v) is 3.24. The van der Waals surface area contributed by atoms with Crippen molar-refractivity contribution in [3.05, 3.63) is 29.3 Å². The van der Waals surface area contributed by atoms with Crippen molar-refractivity contribution in [2.75, 3.05) is 30.0 Å². The molecule has 7 nitrogen and oxygen atoms in total. The number of carbonyl (C=O) groups is 2. The molecule has 0 unspecified atom stereocenters. The number of ether oxygens (including phenoxy) is 2. The Kier molecular flexibility index (Phi) is 11.8. The first-order chi connectivity index (χ1) is 15.2. The maximum atomic E-state index is 12.5. The molecule has 0 fully saturated rings. The van der Waals surface area contributed by atoms with Crippen LogP contribution in [0.4, 0.5) is 10.5 Å². The van der Waals surface area contributed by atoms with Crippen molar-refractivity contribution in [3.8, 4) is 0 Å². The summed E-state index contributed by atoms with van der Waals surface area (Å²) in [6.07, 6.45) is -0.171. The number of benzene rings is 1. The molecule has 0 bridgehead atoms. The molecular formula is C24H38Cl2N2O5. The number of esters is 1. The first kappa shape index (κ1) is 29.3. The zero-order chi connectivity index (χ0) is 25.2. The van der Waals surface area contributed by atoms with E-state index in [1.807, 2.05) is 25.1 Å². The molecule has 0 radical (unpaired) electrons. The molecule has 0 saturated carbocycles. The lowest BCUT2D eigenvalue weighted by molar-refractivity contribution is -0.155. The van der Waals surface area contributed by atoms with Crippen LogP contribution in [0.1, 0.15) is 59.1 Å². The summed E-state index contributed by atoms with van der Waals surface area (Å²) in [6.45, 7) is 13.6. The van der Waals surface area contributed by atoms with Gasteiger partial charge in [-0.15, -0.1) is 23.2 Å². The van der Waals surface area contributed by atoms with E-state index < -0.39 is 29.3 Å². The molecule has 9 heteroatoms. The lowest BCUT2D eigenvalue weighted by Gasteiger charge is -2.26. The summed E-state index contributed by atoms with van der Waals surface area (Å²) in [5.41, 5.74) is 1.51. The Bertz CT molecular complexity index is 745. The molecule has 1 N–H and O–H groups in total. The quantitative estimate of drug-likeness (QED) is 0.247. The van der Waals surface area contributed by atoms with Gasteiger partial charge in [-0.2, -0.15) is 0 Å². The lowest BCUT2D eigenvalue weighted by Crippen LogP contribution is -2.42. The van der Waals surface area contributed by atoms with Gasteiger partial charge in [0.15, 0.2) is 0 Å². The van der Waals surface area contributed by atoms with Crippen molar-refractivity contribution in [2.45, 2.75) is 78.6 Å². The van der Waals surface area contributed by atoms with Crippen LogP contribution >= 0.6 is 23.2 Å². The van der Waals surface area contributed by atoms with Crippen LogP contribution in [0.3, 0.4) is 0 Å². The minimum absolute atomic E-state index is 0.00826. The number of hydroxylamine groups is 1. The average molecular weight is 505 g/mol. The van der Waals surface area contributed by atoms with E-state index in [0.717, 1.165) is 16.8 Å². The first-order valence-electron chi connectivity index (χ1n) is 11.1. The van der Waals surface area contributed by atoms with Crippen LogP contribution in [-0.4, -0.2) is 54.2 Å². The predicted octanol–water partition coefficient (Wildman–Crippen LogP) is 5.38. The van der Waals surface area contributed by atoms with Gasteiger partial charge in [-0.3, -0.25) is 14.7 Å². The van der Waals surface area contributed by atoms with Crippen molar-refractivity contribution >= 4 is 41.0 Å². The number of halogens is 2. The van der Waals surface area contributed by atoms with Crippen LogP contribution in [0.5, 0.6) is 0 Å². The molecule has 188 valence electrons. The Labute approximate surface area is 208 Å². The topological polar surface area (TPSA) is 77.1 Å². The highest BCUT2D eigenvalue weighted by atomic mass is 35.5. The number of carbonyl (C=O) groups excluding carboxylic acids is 2. The maximum Gasteiger partial charge on any atom is 0.407 e. The second-order valence-corrected chi connectivity index (χ2v) is 10.5. The normalized spacial score (nSPS) is 12.8. The fourth-order valence-electron chi connectivity index (χ4n) is 3.02. The number of hydrogen-bond acceptors (Lipinski definition) is 6. The number of rotatable bonds is 11. The van der Waals surface area contributed by atoms with Gasteiger partial charge in [0.2, 0.25) is 0 Å². The third-order valence-corrected chi connectivity index (χ3v) is 4.58. The molecular weight excluding hydrogens is 467 g/mol. The molecule has 0 aliphatic carbocycles. The van der Waals surface area contributed by atoms with Crippen LogP contribution < -0.4 is 10.4 Å². The second kappa shape index (κ2) is 13.3. The van der Waals surface area contributed by atoms with E-state index in [9.17, 15) is 9.59 Å². The van der Waals surface area contributed by atoms with E-state index in [1.54, 1.807) is 46.6 Å².